The smallest absolute Gasteiger partial charge is 0.166 e. The van der Waals surface area contributed by atoms with E-state index in [4.69, 9.17) is 9.47 Å². The lowest BCUT2D eigenvalue weighted by Crippen LogP contribution is -2.36. The Balaban J connectivity index is 1.90. The van der Waals surface area contributed by atoms with E-state index in [-0.39, 0.29) is 12.1 Å². The molecule has 0 N–H and O–H groups in total. The number of ether oxygens (including phenoxy) is 2. The van der Waals surface area contributed by atoms with Crippen molar-refractivity contribution in [2.45, 2.75) is 25.6 Å². The number of pyridine rings is 1. The van der Waals surface area contributed by atoms with Crippen molar-refractivity contribution in [2.75, 3.05) is 32.2 Å². The van der Waals surface area contributed by atoms with Gasteiger partial charge in [-0.25, -0.2) is 9.37 Å². The first-order valence-corrected chi connectivity index (χ1v) is 7.55. The SMILES string of the molecule is COC(CC1CCN(c2ncc(Br)cc2F)CC1)OC. The largest absolute Gasteiger partial charge is 0.356 e. The van der Waals surface area contributed by atoms with Crippen LogP contribution in [0.25, 0.3) is 0 Å². The Bertz CT molecular complexity index is 435. The Morgan fingerprint density at radius 1 is 1.40 bits per heavy atom. The van der Waals surface area contributed by atoms with Gasteiger partial charge in [0.25, 0.3) is 0 Å². The number of anilines is 1. The molecule has 0 amide bonds. The van der Waals surface area contributed by atoms with E-state index in [9.17, 15) is 4.39 Å². The van der Waals surface area contributed by atoms with E-state index in [1.54, 1.807) is 20.4 Å². The van der Waals surface area contributed by atoms with Crippen LogP contribution in [-0.2, 0) is 9.47 Å². The van der Waals surface area contributed by atoms with Crippen LogP contribution in [0.4, 0.5) is 10.2 Å². The molecule has 0 radical (unpaired) electrons. The molecule has 20 heavy (non-hydrogen) atoms. The van der Waals surface area contributed by atoms with Gasteiger partial charge >= 0.3 is 0 Å². The van der Waals surface area contributed by atoms with Crippen LogP contribution in [0.1, 0.15) is 19.3 Å². The molecule has 1 aromatic rings. The van der Waals surface area contributed by atoms with Crippen molar-refractivity contribution >= 4 is 21.7 Å². The number of hydrogen-bond donors (Lipinski definition) is 0. The lowest BCUT2D eigenvalue weighted by atomic mass is 9.93. The fourth-order valence-corrected chi connectivity index (χ4v) is 2.88. The van der Waals surface area contributed by atoms with E-state index in [1.165, 1.54) is 6.07 Å². The van der Waals surface area contributed by atoms with Gasteiger partial charge in [0.15, 0.2) is 17.9 Å². The Morgan fingerprint density at radius 2 is 2.05 bits per heavy atom. The van der Waals surface area contributed by atoms with E-state index in [0.717, 1.165) is 32.4 Å². The minimum atomic E-state index is -0.274. The van der Waals surface area contributed by atoms with E-state index in [2.05, 4.69) is 20.9 Å². The van der Waals surface area contributed by atoms with E-state index in [0.29, 0.717) is 16.2 Å². The molecule has 0 unspecified atom stereocenters. The Kier molecular flexibility index (Phi) is 5.74. The van der Waals surface area contributed by atoms with Crippen molar-refractivity contribution in [2.24, 2.45) is 5.92 Å². The Hall–Kier alpha value is -0.720. The molecule has 0 atom stereocenters. The van der Waals surface area contributed by atoms with Gasteiger partial charge in [-0.05, 0) is 40.8 Å². The zero-order chi connectivity index (χ0) is 14.5. The molecule has 2 heterocycles. The van der Waals surface area contributed by atoms with Crippen LogP contribution in [0.15, 0.2) is 16.7 Å². The molecule has 2 rings (SSSR count). The summed E-state index contributed by atoms with van der Waals surface area (Å²) in [5.74, 6) is 0.723. The third-order valence-corrected chi connectivity index (χ3v) is 4.19. The first-order chi connectivity index (χ1) is 9.63. The van der Waals surface area contributed by atoms with Gasteiger partial charge in [0.1, 0.15) is 0 Å². The number of nitrogens with zero attached hydrogens (tertiary/aromatic N) is 2. The van der Waals surface area contributed by atoms with Gasteiger partial charge in [0.05, 0.1) is 0 Å². The van der Waals surface area contributed by atoms with Crippen molar-refractivity contribution in [3.63, 3.8) is 0 Å². The molecule has 1 aliphatic rings. The molecule has 0 aromatic carbocycles. The van der Waals surface area contributed by atoms with E-state index < -0.39 is 0 Å². The second-order valence-corrected chi connectivity index (χ2v) is 5.94. The van der Waals surface area contributed by atoms with E-state index >= 15 is 0 Å². The maximum atomic E-state index is 13.9. The maximum absolute atomic E-state index is 13.9. The molecule has 1 saturated heterocycles. The Labute approximate surface area is 127 Å². The van der Waals surface area contributed by atoms with Crippen molar-refractivity contribution in [3.05, 3.63) is 22.6 Å². The fourth-order valence-electron chi connectivity index (χ4n) is 2.58. The molecule has 1 aliphatic heterocycles. The van der Waals surface area contributed by atoms with Gasteiger partial charge in [-0.15, -0.1) is 0 Å². The van der Waals surface area contributed by atoms with Gasteiger partial charge in [-0.1, -0.05) is 0 Å². The van der Waals surface area contributed by atoms with E-state index in [1.807, 2.05) is 4.90 Å². The van der Waals surface area contributed by atoms with Crippen LogP contribution in [0.3, 0.4) is 0 Å². The van der Waals surface area contributed by atoms with Crippen molar-refractivity contribution in [1.29, 1.82) is 0 Å². The van der Waals surface area contributed by atoms with Crippen LogP contribution >= 0.6 is 15.9 Å². The van der Waals surface area contributed by atoms with Crippen molar-refractivity contribution < 1.29 is 13.9 Å². The molecule has 4 nitrogen and oxygen atoms in total. The van der Waals surface area contributed by atoms with Crippen LogP contribution in [0, 0.1) is 11.7 Å². The summed E-state index contributed by atoms with van der Waals surface area (Å²) in [7, 11) is 3.31. The number of hydrogen-bond acceptors (Lipinski definition) is 4. The van der Waals surface area contributed by atoms with Gasteiger partial charge in [-0.2, -0.15) is 0 Å². The Morgan fingerprint density at radius 3 is 2.60 bits per heavy atom. The first-order valence-electron chi connectivity index (χ1n) is 6.75. The molecule has 0 spiro atoms. The van der Waals surface area contributed by atoms with Crippen LogP contribution in [0.5, 0.6) is 0 Å². The highest BCUT2D eigenvalue weighted by Crippen LogP contribution is 2.28. The second kappa shape index (κ2) is 7.33. The van der Waals surface area contributed by atoms with Crippen LogP contribution in [0.2, 0.25) is 0 Å². The molecule has 0 saturated carbocycles. The number of rotatable bonds is 5. The van der Waals surface area contributed by atoms with Crippen molar-refractivity contribution in [3.8, 4) is 0 Å². The maximum Gasteiger partial charge on any atom is 0.166 e. The average Bonchev–Trinajstić information content (AvgIpc) is 2.46. The molecule has 6 heteroatoms. The quantitative estimate of drug-likeness (QED) is 0.766. The zero-order valence-electron chi connectivity index (χ0n) is 11.8. The first kappa shape index (κ1) is 15.7. The predicted octanol–water partition coefficient (Wildman–Crippen LogP) is 3.21. The normalized spacial score (nSPS) is 16.9. The van der Waals surface area contributed by atoms with Gasteiger partial charge < -0.3 is 14.4 Å². The van der Waals surface area contributed by atoms with Crippen molar-refractivity contribution in [1.82, 2.24) is 4.98 Å². The average molecular weight is 347 g/mol. The van der Waals surface area contributed by atoms with Crippen LogP contribution < -0.4 is 4.90 Å². The molecular weight excluding hydrogens is 327 g/mol. The fraction of sp³-hybridized carbons (Fsp3) is 0.643. The second-order valence-electron chi connectivity index (χ2n) is 5.03. The van der Waals surface area contributed by atoms with Gasteiger partial charge in [0.2, 0.25) is 0 Å². The molecular formula is C14H20BrFN2O2. The molecule has 1 aromatic heterocycles. The number of aromatic nitrogens is 1. The molecule has 0 bridgehead atoms. The summed E-state index contributed by atoms with van der Waals surface area (Å²) in [5.41, 5.74) is 0. The third-order valence-electron chi connectivity index (χ3n) is 3.75. The predicted molar refractivity (Wildman–Crippen MR) is 79.3 cm³/mol. The van der Waals surface area contributed by atoms with Gasteiger partial charge in [0, 0.05) is 44.4 Å². The zero-order valence-corrected chi connectivity index (χ0v) is 13.4. The standard InChI is InChI=1S/C14H20BrFN2O2/c1-19-13(20-2)7-10-3-5-18(6-4-10)14-12(16)8-11(15)9-17-14/h8-10,13H,3-7H2,1-2H3. The summed E-state index contributed by atoms with van der Waals surface area (Å²) >= 11 is 3.22. The summed E-state index contributed by atoms with van der Waals surface area (Å²) in [4.78, 5) is 6.18. The highest BCUT2D eigenvalue weighted by atomic mass is 79.9. The summed E-state index contributed by atoms with van der Waals surface area (Å²) in [6, 6.07) is 1.46. The molecule has 1 fully saturated rings. The van der Waals surface area contributed by atoms with Gasteiger partial charge in [-0.3, -0.25) is 0 Å². The van der Waals surface area contributed by atoms with Crippen LogP contribution in [-0.4, -0.2) is 38.6 Å². The monoisotopic (exact) mass is 346 g/mol. The summed E-state index contributed by atoms with van der Waals surface area (Å²) in [6.45, 7) is 1.63. The number of halogens is 2. The lowest BCUT2D eigenvalue weighted by Gasteiger charge is -2.34. The number of piperidine rings is 1. The summed E-state index contributed by atoms with van der Waals surface area (Å²) in [5, 5.41) is 0. The molecule has 0 aliphatic carbocycles. The third kappa shape index (κ3) is 3.90. The minimum absolute atomic E-state index is 0.144. The topological polar surface area (TPSA) is 34.6 Å². The number of methoxy groups -OCH3 is 2. The molecule has 112 valence electrons. The summed E-state index contributed by atoms with van der Waals surface area (Å²) in [6.07, 6.45) is 4.38. The lowest BCUT2D eigenvalue weighted by molar-refractivity contribution is -0.115. The highest BCUT2D eigenvalue weighted by molar-refractivity contribution is 9.10. The minimum Gasteiger partial charge on any atom is -0.356 e. The summed E-state index contributed by atoms with van der Waals surface area (Å²) < 4.78 is 25.0. The highest BCUT2D eigenvalue weighted by Gasteiger charge is 2.24.